The lowest BCUT2D eigenvalue weighted by atomic mass is 10.1. The monoisotopic (exact) mass is 487 g/mol. The third kappa shape index (κ3) is 6.21. The maximum absolute atomic E-state index is 12.4. The minimum Gasteiger partial charge on any atom is -0.272 e. The minimum atomic E-state index is -0.235. The molecule has 3 aromatic carbocycles. The Morgan fingerprint density at radius 2 is 1.68 bits per heavy atom. The van der Waals surface area contributed by atoms with Crippen molar-refractivity contribution in [2.24, 2.45) is 5.10 Å². The molecule has 0 bridgehead atoms. The summed E-state index contributed by atoms with van der Waals surface area (Å²) in [5.41, 5.74) is 6.35. The van der Waals surface area contributed by atoms with Crippen LogP contribution in [0.5, 0.6) is 0 Å². The maximum Gasteiger partial charge on any atom is 0.250 e. The van der Waals surface area contributed by atoms with E-state index >= 15 is 0 Å². The van der Waals surface area contributed by atoms with Gasteiger partial charge in [0, 0.05) is 16.3 Å². The van der Waals surface area contributed by atoms with Gasteiger partial charge in [0.05, 0.1) is 12.0 Å². The lowest BCUT2D eigenvalue weighted by Crippen LogP contribution is -2.20. The Balaban J connectivity index is 1.45. The fourth-order valence-electron chi connectivity index (χ4n) is 3.18. The lowest BCUT2D eigenvalue weighted by molar-refractivity contribution is -0.118. The average molecular weight is 488 g/mol. The van der Waals surface area contributed by atoms with Crippen LogP contribution in [0.1, 0.15) is 12.5 Å². The Labute approximate surface area is 207 Å². The molecule has 6 nitrogen and oxygen atoms in total. The van der Waals surface area contributed by atoms with Crippen molar-refractivity contribution in [3.63, 3.8) is 0 Å². The molecule has 1 amide bonds. The molecule has 0 saturated carbocycles. The Kier molecular flexibility index (Phi) is 7.91. The highest BCUT2D eigenvalue weighted by atomic mass is 35.5. The Hall–Kier alpha value is -3.68. The van der Waals surface area contributed by atoms with E-state index in [1.54, 1.807) is 6.21 Å². The number of hydrogen-bond acceptors (Lipinski definition) is 5. The van der Waals surface area contributed by atoms with Crippen molar-refractivity contribution in [3.8, 4) is 17.1 Å². The van der Waals surface area contributed by atoms with Crippen LogP contribution in [0.3, 0.4) is 0 Å². The molecule has 0 aliphatic heterocycles. The first kappa shape index (κ1) is 23.5. The van der Waals surface area contributed by atoms with Crippen LogP contribution in [0, 0.1) is 0 Å². The largest absolute Gasteiger partial charge is 0.272 e. The number of carbonyl (C=O) groups is 1. The molecule has 0 unspecified atom stereocenters. The molecule has 0 saturated heterocycles. The zero-order valence-electron chi connectivity index (χ0n) is 18.4. The number of carbonyl (C=O) groups excluding carboxylic acids is 1. The number of nitrogens with one attached hydrogen (secondary N) is 1. The number of hydrazone groups is 1. The first-order valence-corrected chi connectivity index (χ1v) is 11.9. The summed E-state index contributed by atoms with van der Waals surface area (Å²) in [5.74, 6) is 0.588. The second-order valence-corrected chi connectivity index (χ2v) is 8.74. The van der Waals surface area contributed by atoms with Crippen LogP contribution in [-0.2, 0) is 4.79 Å². The van der Waals surface area contributed by atoms with Crippen LogP contribution in [-0.4, -0.2) is 32.6 Å². The van der Waals surface area contributed by atoms with Gasteiger partial charge < -0.3 is 0 Å². The van der Waals surface area contributed by atoms with Crippen LogP contribution in [0.4, 0.5) is 0 Å². The number of nitrogens with zero attached hydrogens (tertiary/aromatic N) is 4. The summed E-state index contributed by atoms with van der Waals surface area (Å²) in [6.07, 6.45) is 3.61. The summed E-state index contributed by atoms with van der Waals surface area (Å²) in [5, 5.41) is 14.0. The van der Waals surface area contributed by atoms with Gasteiger partial charge in [-0.2, -0.15) is 5.10 Å². The summed E-state index contributed by atoms with van der Waals surface area (Å²) in [6, 6.07) is 27.1. The number of hydrogen-bond donors (Lipinski definition) is 1. The van der Waals surface area contributed by atoms with Crippen molar-refractivity contribution >= 4 is 41.6 Å². The van der Waals surface area contributed by atoms with Gasteiger partial charge in [0.25, 0.3) is 5.91 Å². The second kappa shape index (κ2) is 11.4. The average Bonchev–Trinajstić information content (AvgIpc) is 3.28. The molecule has 170 valence electrons. The quantitative estimate of drug-likeness (QED) is 0.191. The number of amides is 1. The highest BCUT2D eigenvalue weighted by Gasteiger charge is 2.17. The van der Waals surface area contributed by atoms with E-state index in [0.29, 0.717) is 16.0 Å². The second-order valence-electron chi connectivity index (χ2n) is 7.36. The van der Waals surface area contributed by atoms with Crippen LogP contribution >= 0.6 is 23.4 Å². The van der Waals surface area contributed by atoms with Crippen molar-refractivity contribution in [1.82, 2.24) is 20.2 Å². The number of thioether (sulfide) groups is 1. The van der Waals surface area contributed by atoms with Crippen molar-refractivity contribution in [3.05, 3.63) is 101 Å². The third-order valence-corrected chi connectivity index (χ3v) is 5.91. The highest BCUT2D eigenvalue weighted by molar-refractivity contribution is 7.99. The SMILES string of the molecule is CC(/C=N\NC(=O)CSc1nnc(-c2ccccc2)n1-c1ccc(Cl)cc1)=C/c1ccccc1. The van der Waals surface area contributed by atoms with Crippen LogP contribution in [0.15, 0.2) is 101 Å². The van der Waals surface area contributed by atoms with E-state index in [0.717, 1.165) is 22.4 Å². The van der Waals surface area contributed by atoms with Crippen molar-refractivity contribution in [2.45, 2.75) is 12.1 Å². The van der Waals surface area contributed by atoms with E-state index < -0.39 is 0 Å². The van der Waals surface area contributed by atoms with E-state index in [2.05, 4.69) is 20.7 Å². The summed E-state index contributed by atoms with van der Waals surface area (Å²) in [6.45, 7) is 1.93. The molecule has 8 heteroatoms. The minimum absolute atomic E-state index is 0.138. The fraction of sp³-hybridized carbons (Fsp3) is 0.0769. The van der Waals surface area contributed by atoms with Gasteiger partial charge in [-0.3, -0.25) is 9.36 Å². The Morgan fingerprint density at radius 1 is 1.00 bits per heavy atom. The van der Waals surface area contributed by atoms with E-state index in [1.807, 2.05) is 102 Å². The normalized spacial score (nSPS) is 11.6. The molecule has 1 aromatic heterocycles. The smallest absolute Gasteiger partial charge is 0.250 e. The molecular weight excluding hydrogens is 466 g/mol. The van der Waals surface area contributed by atoms with Gasteiger partial charge in [-0.15, -0.1) is 10.2 Å². The molecular formula is C26H22ClN5OS. The molecule has 0 aliphatic rings. The first-order valence-electron chi connectivity index (χ1n) is 10.5. The predicted octanol–water partition coefficient (Wildman–Crippen LogP) is 5.89. The molecule has 0 radical (unpaired) electrons. The van der Waals surface area contributed by atoms with Crippen molar-refractivity contribution in [2.75, 3.05) is 5.75 Å². The van der Waals surface area contributed by atoms with Gasteiger partial charge in [-0.25, -0.2) is 5.43 Å². The number of halogens is 1. The lowest BCUT2D eigenvalue weighted by Gasteiger charge is -2.10. The first-order chi connectivity index (χ1) is 16.6. The van der Waals surface area contributed by atoms with E-state index in [-0.39, 0.29) is 11.7 Å². The van der Waals surface area contributed by atoms with Gasteiger partial charge >= 0.3 is 0 Å². The van der Waals surface area contributed by atoms with E-state index in [1.165, 1.54) is 11.8 Å². The van der Waals surface area contributed by atoms with E-state index in [4.69, 9.17) is 11.6 Å². The summed E-state index contributed by atoms with van der Waals surface area (Å²) in [7, 11) is 0. The van der Waals surface area contributed by atoms with Crippen molar-refractivity contribution in [1.29, 1.82) is 0 Å². The molecule has 4 rings (SSSR count). The number of aromatic nitrogens is 3. The third-order valence-electron chi connectivity index (χ3n) is 4.73. The highest BCUT2D eigenvalue weighted by Crippen LogP contribution is 2.28. The zero-order valence-corrected chi connectivity index (χ0v) is 20.0. The van der Waals surface area contributed by atoms with Crippen molar-refractivity contribution < 1.29 is 4.79 Å². The zero-order chi connectivity index (χ0) is 23.8. The fourth-order valence-corrected chi connectivity index (χ4v) is 4.05. The summed E-state index contributed by atoms with van der Waals surface area (Å²) in [4.78, 5) is 12.4. The van der Waals surface area contributed by atoms with Crippen LogP contribution in [0.25, 0.3) is 23.2 Å². The van der Waals surface area contributed by atoms with Crippen LogP contribution < -0.4 is 5.43 Å². The van der Waals surface area contributed by atoms with Crippen LogP contribution in [0.2, 0.25) is 5.02 Å². The Bertz CT molecular complexity index is 1300. The maximum atomic E-state index is 12.4. The number of rotatable bonds is 8. The van der Waals surface area contributed by atoms with E-state index in [9.17, 15) is 4.79 Å². The molecule has 0 aliphatic carbocycles. The summed E-state index contributed by atoms with van der Waals surface area (Å²) < 4.78 is 1.92. The number of benzene rings is 3. The van der Waals surface area contributed by atoms with Gasteiger partial charge in [-0.05, 0) is 42.3 Å². The predicted molar refractivity (Wildman–Crippen MR) is 139 cm³/mol. The van der Waals surface area contributed by atoms with Gasteiger partial charge in [-0.1, -0.05) is 90.1 Å². The Morgan fingerprint density at radius 3 is 2.38 bits per heavy atom. The topological polar surface area (TPSA) is 72.2 Å². The molecule has 1 N–H and O–H groups in total. The summed E-state index contributed by atoms with van der Waals surface area (Å²) >= 11 is 7.36. The molecule has 34 heavy (non-hydrogen) atoms. The van der Waals surface area contributed by atoms with Gasteiger partial charge in [0.15, 0.2) is 11.0 Å². The molecule has 4 aromatic rings. The van der Waals surface area contributed by atoms with Gasteiger partial charge in [0.1, 0.15) is 0 Å². The van der Waals surface area contributed by atoms with Gasteiger partial charge in [0.2, 0.25) is 0 Å². The number of allylic oxidation sites excluding steroid dienone is 1. The molecule has 0 atom stereocenters. The standard InChI is InChI=1S/C26H22ClN5OS/c1-19(16-20-8-4-2-5-9-20)17-28-29-24(33)18-34-26-31-30-25(21-10-6-3-7-11-21)32(26)23-14-12-22(27)13-15-23/h2-17H,18H2,1H3,(H,29,33)/b19-16-,28-17-. The molecule has 0 fully saturated rings. The molecule has 0 spiro atoms. The molecule has 1 heterocycles.